The summed E-state index contributed by atoms with van der Waals surface area (Å²) in [5.74, 6) is 1.89. The highest BCUT2D eigenvalue weighted by molar-refractivity contribution is 6.30. The Morgan fingerprint density at radius 2 is 2.14 bits per heavy atom. The average Bonchev–Trinajstić information content (AvgIpc) is 2.91. The van der Waals surface area contributed by atoms with Gasteiger partial charge in [-0.2, -0.15) is 4.98 Å². The summed E-state index contributed by atoms with van der Waals surface area (Å²) in [6.07, 6.45) is 1.70. The van der Waals surface area contributed by atoms with E-state index < -0.39 is 0 Å². The number of nitrogens with zero attached hydrogens (tertiary/aromatic N) is 2. The number of amides is 1. The van der Waals surface area contributed by atoms with Crippen molar-refractivity contribution in [2.24, 2.45) is 0 Å². The minimum atomic E-state index is -0.0176. The minimum absolute atomic E-state index is 0.0176. The van der Waals surface area contributed by atoms with Gasteiger partial charge in [0.25, 0.3) is 0 Å². The van der Waals surface area contributed by atoms with E-state index >= 15 is 0 Å². The lowest BCUT2D eigenvalue weighted by atomic mass is 10.2. The summed E-state index contributed by atoms with van der Waals surface area (Å²) in [5, 5.41) is 7.16. The Labute approximate surface area is 133 Å². The predicted octanol–water partition coefficient (Wildman–Crippen LogP) is 2.55. The molecule has 1 heterocycles. The van der Waals surface area contributed by atoms with Crippen molar-refractivity contribution < 1.29 is 14.1 Å². The summed E-state index contributed by atoms with van der Waals surface area (Å²) in [6.45, 7) is 2.64. The number of aryl methyl sites for hydroxylation is 2. The molecule has 0 unspecified atom stereocenters. The van der Waals surface area contributed by atoms with E-state index in [0.717, 1.165) is 5.75 Å². The first-order valence-electron chi connectivity index (χ1n) is 7.08. The first kappa shape index (κ1) is 16.3. The van der Waals surface area contributed by atoms with Crippen molar-refractivity contribution in [3.63, 3.8) is 0 Å². The standard InChI is InChI=1S/C15H18ClN3O3/c1-11-18-15(22-19-11)4-2-3-14(20)17-9-10-21-13-7-5-12(16)6-8-13/h5-8H,2-4,9-10H2,1H3,(H,17,20). The first-order valence-corrected chi connectivity index (χ1v) is 7.45. The number of nitrogens with one attached hydrogen (secondary N) is 1. The van der Waals surface area contributed by atoms with Gasteiger partial charge in [-0.15, -0.1) is 0 Å². The topological polar surface area (TPSA) is 77.2 Å². The third kappa shape index (κ3) is 5.73. The Morgan fingerprint density at radius 3 is 2.82 bits per heavy atom. The Morgan fingerprint density at radius 1 is 1.36 bits per heavy atom. The number of halogens is 1. The lowest BCUT2D eigenvalue weighted by molar-refractivity contribution is -0.121. The molecule has 0 atom stereocenters. The number of aromatic nitrogens is 2. The summed E-state index contributed by atoms with van der Waals surface area (Å²) in [5.41, 5.74) is 0. The number of benzene rings is 1. The molecule has 1 aromatic heterocycles. The molecule has 0 radical (unpaired) electrons. The van der Waals surface area contributed by atoms with Crippen LogP contribution in [0.25, 0.3) is 0 Å². The second kappa shape index (κ2) is 8.38. The van der Waals surface area contributed by atoms with E-state index in [1.165, 1.54) is 0 Å². The van der Waals surface area contributed by atoms with Gasteiger partial charge in [-0.1, -0.05) is 16.8 Å². The molecule has 2 rings (SSSR count). The zero-order chi connectivity index (χ0) is 15.8. The summed E-state index contributed by atoms with van der Waals surface area (Å²) >= 11 is 5.78. The van der Waals surface area contributed by atoms with Gasteiger partial charge in [-0.05, 0) is 37.6 Å². The van der Waals surface area contributed by atoms with Gasteiger partial charge < -0.3 is 14.6 Å². The third-order valence-corrected chi connectivity index (χ3v) is 3.12. The van der Waals surface area contributed by atoms with Gasteiger partial charge in [0.05, 0.1) is 6.54 Å². The molecule has 6 nitrogen and oxygen atoms in total. The van der Waals surface area contributed by atoms with Crippen molar-refractivity contribution in [3.05, 3.63) is 41.0 Å². The summed E-state index contributed by atoms with van der Waals surface area (Å²) in [7, 11) is 0. The van der Waals surface area contributed by atoms with Gasteiger partial charge in [0.15, 0.2) is 5.82 Å². The quantitative estimate of drug-likeness (QED) is 0.755. The molecule has 1 amide bonds. The van der Waals surface area contributed by atoms with Gasteiger partial charge in [0.2, 0.25) is 11.8 Å². The smallest absolute Gasteiger partial charge is 0.226 e. The maximum Gasteiger partial charge on any atom is 0.226 e. The maximum atomic E-state index is 11.6. The molecule has 22 heavy (non-hydrogen) atoms. The molecule has 1 aromatic carbocycles. The van der Waals surface area contributed by atoms with E-state index in [0.29, 0.717) is 49.2 Å². The molecule has 118 valence electrons. The van der Waals surface area contributed by atoms with Gasteiger partial charge in [0.1, 0.15) is 12.4 Å². The SMILES string of the molecule is Cc1noc(CCCC(=O)NCCOc2ccc(Cl)cc2)n1. The summed E-state index contributed by atoms with van der Waals surface area (Å²) in [4.78, 5) is 15.7. The van der Waals surface area contributed by atoms with E-state index in [1.807, 2.05) is 0 Å². The number of hydrogen-bond acceptors (Lipinski definition) is 5. The molecule has 0 saturated carbocycles. The van der Waals surface area contributed by atoms with Crippen LogP contribution in [-0.4, -0.2) is 29.2 Å². The fourth-order valence-electron chi connectivity index (χ4n) is 1.82. The van der Waals surface area contributed by atoms with Crippen LogP contribution in [0.5, 0.6) is 5.75 Å². The second-order valence-corrected chi connectivity index (χ2v) is 5.18. The van der Waals surface area contributed by atoms with Gasteiger partial charge in [-0.25, -0.2) is 0 Å². The number of ether oxygens (including phenoxy) is 1. The van der Waals surface area contributed by atoms with E-state index in [1.54, 1.807) is 31.2 Å². The third-order valence-electron chi connectivity index (χ3n) is 2.87. The van der Waals surface area contributed by atoms with Crippen LogP contribution in [0.15, 0.2) is 28.8 Å². The molecular formula is C15H18ClN3O3. The number of rotatable bonds is 8. The molecule has 0 aliphatic rings. The van der Waals surface area contributed by atoms with Crippen LogP contribution in [-0.2, 0) is 11.2 Å². The molecule has 0 aliphatic carbocycles. The van der Waals surface area contributed by atoms with E-state index in [9.17, 15) is 4.79 Å². The van der Waals surface area contributed by atoms with Crippen LogP contribution in [0.4, 0.5) is 0 Å². The van der Waals surface area contributed by atoms with Crippen molar-refractivity contribution in [1.82, 2.24) is 15.5 Å². The fourth-order valence-corrected chi connectivity index (χ4v) is 1.95. The molecule has 0 bridgehead atoms. The molecule has 0 fully saturated rings. The fraction of sp³-hybridized carbons (Fsp3) is 0.400. The second-order valence-electron chi connectivity index (χ2n) is 4.74. The van der Waals surface area contributed by atoms with Crippen molar-refractivity contribution in [3.8, 4) is 5.75 Å². The lowest BCUT2D eigenvalue weighted by Gasteiger charge is -2.07. The highest BCUT2D eigenvalue weighted by Gasteiger charge is 2.05. The Kier molecular flexibility index (Phi) is 6.21. The molecular weight excluding hydrogens is 306 g/mol. The van der Waals surface area contributed by atoms with E-state index in [2.05, 4.69) is 15.5 Å². The normalized spacial score (nSPS) is 10.5. The number of carbonyl (C=O) groups excluding carboxylic acids is 1. The molecule has 2 aromatic rings. The highest BCUT2D eigenvalue weighted by Crippen LogP contribution is 2.15. The van der Waals surface area contributed by atoms with Crippen molar-refractivity contribution >= 4 is 17.5 Å². The molecule has 0 spiro atoms. The number of hydrogen-bond donors (Lipinski definition) is 1. The zero-order valence-electron chi connectivity index (χ0n) is 12.3. The van der Waals surface area contributed by atoms with Gasteiger partial charge in [0, 0.05) is 17.9 Å². The zero-order valence-corrected chi connectivity index (χ0v) is 13.1. The average molecular weight is 324 g/mol. The summed E-state index contributed by atoms with van der Waals surface area (Å²) < 4.78 is 10.5. The van der Waals surface area contributed by atoms with Crippen LogP contribution in [0, 0.1) is 6.92 Å². The maximum absolute atomic E-state index is 11.6. The van der Waals surface area contributed by atoms with Gasteiger partial charge >= 0.3 is 0 Å². The monoisotopic (exact) mass is 323 g/mol. The van der Waals surface area contributed by atoms with Crippen LogP contribution in [0.1, 0.15) is 24.6 Å². The van der Waals surface area contributed by atoms with Crippen LogP contribution >= 0.6 is 11.6 Å². The summed E-state index contributed by atoms with van der Waals surface area (Å²) in [6, 6.07) is 7.09. The van der Waals surface area contributed by atoms with Crippen LogP contribution in [0.3, 0.4) is 0 Å². The van der Waals surface area contributed by atoms with E-state index in [4.69, 9.17) is 20.9 Å². The molecule has 7 heteroatoms. The molecule has 0 aliphatic heterocycles. The first-order chi connectivity index (χ1) is 10.6. The Hall–Kier alpha value is -2.08. The van der Waals surface area contributed by atoms with Crippen LogP contribution in [0.2, 0.25) is 5.02 Å². The Bertz CT molecular complexity index is 598. The predicted molar refractivity (Wildman–Crippen MR) is 81.9 cm³/mol. The number of carbonyl (C=O) groups is 1. The van der Waals surface area contributed by atoms with Crippen molar-refractivity contribution in [2.45, 2.75) is 26.2 Å². The highest BCUT2D eigenvalue weighted by atomic mass is 35.5. The molecule has 0 saturated heterocycles. The van der Waals surface area contributed by atoms with Crippen molar-refractivity contribution in [1.29, 1.82) is 0 Å². The van der Waals surface area contributed by atoms with E-state index in [-0.39, 0.29) is 5.91 Å². The van der Waals surface area contributed by atoms with Gasteiger partial charge in [-0.3, -0.25) is 4.79 Å². The van der Waals surface area contributed by atoms with Crippen LogP contribution < -0.4 is 10.1 Å². The van der Waals surface area contributed by atoms with Crippen molar-refractivity contribution in [2.75, 3.05) is 13.2 Å². The molecule has 1 N–H and O–H groups in total. The lowest BCUT2D eigenvalue weighted by Crippen LogP contribution is -2.27. The largest absolute Gasteiger partial charge is 0.492 e. The minimum Gasteiger partial charge on any atom is -0.492 e. The Balaban J connectivity index is 1.55.